The SMILES string of the molecule is CC(C)c1ccc([C@H]2C[C@H](c3ccc(Cl)c(Cl)c3)Nc3nc4ccccc4n32)cc1. The third kappa shape index (κ3) is 3.36. The summed E-state index contributed by atoms with van der Waals surface area (Å²) in [7, 11) is 0. The van der Waals surface area contributed by atoms with Crippen molar-refractivity contribution in [2.75, 3.05) is 5.32 Å². The summed E-state index contributed by atoms with van der Waals surface area (Å²) in [4.78, 5) is 4.88. The molecule has 5 heteroatoms. The van der Waals surface area contributed by atoms with Crippen LogP contribution in [0.3, 0.4) is 0 Å². The van der Waals surface area contributed by atoms with E-state index in [9.17, 15) is 0 Å². The smallest absolute Gasteiger partial charge is 0.204 e. The first-order chi connectivity index (χ1) is 14.5. The van der Waals surface area contributed by atoms with Crippen molar-refractivity contribution in [2.45, 2.75) is 38.3 Å². The first-order valence-electron chi connectivity index (χ1n) is 10.3. The van der Waals surface area contributed by atoms with Crippen LogP contribution in [-0.4, -0.2) is 9.55 Å². The van der Waals surface area contributed by atoms with Gasteiger partial charge in [0, 0.05) is 0 Å². The van der Waals surface area contributed by atoms with Gasteiger partial charge in [-0.2, -0.15) is 0 Å². The fourth-order valence-corrected chi connectivity index (χ4v) is 4.65. The molecule has 0 saturated heterocycles. The van der Waals surface area contributed by atoms with Crippen LogP contribution in [0, 0.1) is 0 Å². The molecule has 0 amide bonds. The average molecular weight is 436 g/mol. The predicted octanol–water partition coefficient (Wildman–Crippen LogP) is 7.61. The van der Waals surface area contributed by atoms with Crippen LogP contribution in [0.1, 0.15) is 55.0 Å². The van der Waals surface area contributed by atoms with Gasteiger partial charge in [-0.1, -0.05) is 79.5 Å². The molecule has 0 saturated carbocycles. The lowest BCUT2D eigenvalue weighted by Gasteiger charge is -2.34. The number of nitrogens with one attached hydrogen (secondary N) is 1. The van der Waals surface area contributed by atoms with Crippen LogP contribution in [0.25, 0.3) is 11.0 Å². The van der Waals surface area contributed by atoms with Crippen LogP contribution in [0.4, 0.5) is 5.95 Å². The highest BCUT2D eigenvalue weighted by atomic mass is 35.5. The molecule has 152 valence electrons. The van der Waals surface area contributed by atoms with Crippen LogP contribution in [0.2, 0.25) is 10.0 Å². The molecule has 1 aliphatic rings. The number of hydrogen-bond donors (Lipinski definition) is 1. The van der Waals surface area contributed by atoms with E-state index >= 15 is 0 Å². The fourth-order valence-electron chi connectivity index (χ4n) is 4.34. The van der Waals surface area contributed by atoms with E-state index in [1.54, 1.807) is 0 Å². The maximum atomic E-state index is 6.32. The van der Waals surface area contributed by atoms with Gasteiger partial charge >= 0.3 is 0 Å². The van der Waals surface area contributed by atoms with E-state index in [1.807, 2.05) is 24.3 Å². The number of rotatable bonds is 3. The summed E-state index contributed by atoms with van der Waals surface area (Å²) in [6, 6.07) is 23.5. The molecular formula is C25H23Cl2N3. The summed E-state index contributed by atoms with van der Waals surface area (Å²) >= 11 is 12.5. The van der Waals surface area contributed by atoms with Gasteiger partial charge in [0.2, 0.25) is 5.95 Å². The van der Waals surface area contributed by atoms with E-state index in [4.69, 9.17) is 28.2 Å². The van der Waals surface area contributed by atoms with E-state index < -0.39 is 0 Å². The van der Waals surface area contributed by atoms with Gasteiger partial charge < -0.3 is 9.88 Å². The first-order valence-corrected chi connectivity index (χ1v) is 11.0. The summed E-state index contributed by atoms with van der Waals surface area (Å²) in [5.74, 6) is 1.40. The number of benzene rings is 3. The quantitative estimate of drug-likeness (QED) is 0.358. The zero-order chi connectivity index (χ0) is 20.8. The normalized spacial score (nSPS) is 18.4. The van der Waals surface area contributed by atoms with Gasteiger partial charge in [-0.3, -0.25) is 0 Å². The molecule has 3 nitrogen and oxygen atoms in total. The molecule has 2 atom stereocenters. The van der Waals surface area contributed by atoms with Gasteiger partial charge in [-0.05, 0) is 53.3 Å². The number of halogens is 2. The number of anilines is 1. The Morgan fingerprint density at radius 2 is 1.67 bits per heavy atom. The van der Waals surface area contributed by atoms with Crippen LogP contribution in [0.5, 0.6) is 0 Å². The second kappa shape index (κ2) is 7.64. The van der Waals surface area contributed by atoms with E-state index in [0.717, 1.165) is 29.0 Å². The average Bonchev–Trinajstić information content (AvgIpc) is 3.13. The number of aromatic nitrogens is 2. The van der Waals surface area contributed by atoms with Gasteiger partial charge in [-0.25, -0.2) is 4.98 Å². The molecule has 1 aliphatic heterocycles. The molecule has 5 rings (SSSR count). The minimum atomic E-state index is 0.0962. The van der Waals surface area contributed by atoms with Crippen molar-refractivity contribution in [3.05, 3.63) is 93.5 Å². The van der Waals surface area contributed by atoms with Crippen molar-refractivity contribution in [1.82, 2.24) is 9.55 Å². The Kier molecular flexibility index (Phi) is 4.96. The maximum Gasteiger partial charge on any atom is 0.204 e. The Bertz CT molecular complexity index is 1210. The highest BCUT2D eigenvalue weighted by Crippen LogP contribution is 2.42. The van der Waals surface area contributed by atoms with Crippen LogP contribution < -0.4 is 5.32 Å². The number of hydrogen-bond acceptors (Lipinski definition) is 2. The topological polar surface area (TPSA) is 29.9 Å². The summed E-state index contributed by atoms with van der Waals surface area (Å²) in [5, 5.41) is 4.78. The van der Waals surface area contributed by atoms with Gasteiger partial charge in [0.05, 0.1) is 33.2 Å². The van der Waals surface area contributed by atoms with Crippen molar-refractivity contribution >= 4 is 40.2 Å². The van der Waals surface area contributed by atoms with Crippen molar-refractivity contribution in [3.8, 4) is 0 Å². The highest BCUT2D eigenvalue weighted by molar-refractivity contribution is 6.42. The molecule has 1 aromatic heterocycles. The van der Waals surface area contributed by atoms with E-state index in [-0.39, 0.29) is 12.1 Å². The Labute approximate surface area is 186 Å². The van der Waals surface area contributed by atoms with Gasteiger partial charge in [-0.15, -0.1) is 0 Å². The summed E-state index contributed by atoms with van der Waals surface area (Å²) in [5.41, 5.74) is 5.90. The van der Waals surface area contributed by atoms with Crippen molar-refractivity contribution in [2.24, 2.45) is 0 Å². The summed E-state index contributed by atoms with van der Waals surface area (Å²) < 4.78 is 2.33. The number of nitrogens with zero attached hydrogens (tertiary/aromatic N) is 2. The van der Waals surface area contributed by atoms with Crippen molar-refractivity contribution in [1.29, 1.82) is 0 Å². The highest BCUT2D eigenvalue weighted by Gasteiger charge is 2.31. The zero-order valence-corrected chi connectivity index (χ0v) is 18.5. The van der Waals surface area contributed by atoms with Gasteiger partial charge in [0.25, 0.3) is 0 Å². The van der Waals surface area contributed by atoms with E-state index in [0.29, 0.717) is 16.0 Å². The lowest BCUT2D eigenvalue weighted by Crippen LogP contribution is -2.27. The molecule has 0 fully saturated rings. The van der Waals surface area contributed by atoms with Crippen LogP contribution in [-0.2, 0) is 0 Å². The minimum absolute atomic E-state index is 0.0962. The lowest BCUT2D eigenvalue weighted by molar-refractivity contribution is 0.477. The molecule has 0 spiro atoms. The molecule has 1 N–H and O–H groups in total. The largest absolute Gasteiger partial charge is 0.349 e. The third-order valence-electron chi connectivity index (χ3n) is 6.00. The Balaban J connectivity index is 1.62. The first kappa shape index (κ1) is 19.5. The second-order valence-electron chi connectivity index (χ2n) is 8.24. The van der Waals surface area contributed by atoms with E-state index in [2.05, 4.69) is 66.2 Å². The maximum absolute atomic E-state index is 6.32. The molecule has 0 aliphatic carbocycles. The standard InChI is InChI=1S/C25H23Cl2N3/c1-15(2)16-7-9-17(10-8-16)24-14-22(18-11-12-19(26)20(27)13-18)29-25-28-21-5-3-4-6-23(21)30(24)25/h3-13,15,22,24H,14H2,1-2H3,(H,28,29)/t22-,24-/m1/s1. The summed E-state index contributed by atoms with van der Waals surface area (Å²) in [6.45, 7) is 4.45. The molecule has 30 heavy (non-hydrogen) atoms. The molecule has 0 bridgehead atoms. The summed E-state index contributed by atoms with van der Waals surface area (Å²) in [6.07, 6.45) is 0.895. The lowest BCUT2D eigenvalue weighted by atomic mass is 9.91. The van der Waals surface area contributed by atoms with Crippen molar-refractivity contribution in [3.63, 3.8) is 0 Å². The predicted molar refractivity (Wildman–Crippen MR) is 126 cm³/mol. The van der Waals surface area contributed by atoms with Crippen LogP contribution in [0.15, 0.2) is 66.7 Å². The number of fused-ring (bicyclic) bond motifs is 3. The number of imidazole rings is 1. The minimum Gasteiger partial charge on any atom is -0.349 e. The molecule has 3 aromatic carbocycles. The third-order valence-corrected chi connectivity index (χ3v) is 6.74. The molecule has 0 radical (unpaired) electrons. The monoisotopic (exact) mass is 435 g/mol. The van der Waals surface area contributed by atoms with Crippen LogP contribution >= 0.6 is 23.2 Å². The zero-order valence-electron chi connectivity index (χ0n) is 16.9. The van der Waals surface area contributed by atoms with E-state index in [1.165, 1.54) is 11.1 Å². The molecule has 0 unspecified atom stereocenters. The van der Waals surface area contributed by atoms with Gasteiger partial charge in [0.15, 0.2) is 0 Å². The molecular weight excluding hydrogens is 413 g/mol. The second-order valence-corrected chi connectivity index (χ2v) is 9.05. The Morgan fingerprint density at radius 1 is 0.933 bits per heavy atom. The van der Waals surface area contributed by atoms with Gasteiger partial charge in [0.1, 0.15) is 0 Å². The molecule has 4 aromatic rings. The Hall–Kier alpha value is -2.49. The number of para-hydroxylation sites is 2. The fraction of sp³-hybridized carbons (Fsp3) is 0.240. The van der Waals surface area contributed by atoms with Crippen molar-refractivity contribution < 1.29 is 0 Å². The molecule has 2 heterocycles. The Morgan fingerprint density at radius 3 is 2.40 bits per heavy atom.